The summed E-state index contributed by atoms with van der Waals surface area (Å²) in [6, 6.07) is 2.39. The molecule has 0 aliphatic rings. The number of halogens is 2. The van der Waals surface area contributed by atoms with Crippen molar-refractivity contribution in [3.05, 3.63) is 41.1 Å². The first-order valence-corrected chi connectivity index (χ1v) is 4.85. The second kappa shape index (κ2) is 4.43. The Morgan fingerprint density at radius 1 is 1.27 bits per heavy atom. The van der Waals surface area contributed by atoms with Crippen LogP contribution in [-0.4, -0.2) is 0 Å². The first-order chi connectivity index (χ1) is 6.97. The smallest absolute Gasteiger partial charge is 0.159 e. The summed E-state index contributed by atoms with van der Waals surface area (Å²) in [5.41, 5.74) is 7.68. The molecule has 0 unspecified atom stereocenters. The lowest BCUT2D eigenvalue weighted by Gasteiger charge is -2.14. The second-order valence-electron chi connectivity index (χ2n) is 3.86. The predicted molar refractivity (Wildman–Crippen MR) is 58.1 cm³/mol. The molecule has 0 spiro atoms. The van der Waals surface area contributed by atoms with Gasteiger partial charge in [-0.2, -0.15) is 0 Å². The molecule has 0 radical (unpaired) electrons. The third-order valence-corrected chi connectivity index (χ3v) is 2.38. The van der Waals surface area contributed by atoms with Gasteiger partial charge in [0.25, 0.3) is 0 Å². The zero-order valence-corrected chi connectivity index (χ0v) is 9.14. The predicted octanol–water partition coefficient (Wildman–Crippen LogP) is 3.23. The van der Waals surface area contributed by atoms with Crippen LogP contribution in [0.25, 0.3) is 5.57 Å². The summed E-state index contributed by atoms with van der Waals surface area (Å²) in [5, 5.41) is 0. The molecule has 0 aromatic heterocycles. The fraction of sp³-hybridized carbons (Fsp3) is 0.333. The van der Waals surface area contributed by atoms with Gasteiger partial charge in [0.1, 0.15) is 0 Å². The van der Waals surface area contributed by atoms with Gasteiger partial charge < -0.3 is 5.73 Å². The van der Waals surface area contributed by atoms with Crippen molar-refractivity contribution in [3.63, 3.8) is 0 Å². The van der Waals surface area contributed by atoms with Crippen molar-refractivity contribution in [2.75, 3.05) is 0 Å². The monoisotopic (exact) mass is 211 g/mol. The lowest BCUT2D eigenvalue weighted by atomic mass is 9.93. The van der Waals surface area contributed by atoms with Crippen molar-refractivity contribution in [3.8, 4) is 0 Å². The van der Waals surface area contributed by atoms with Crippen LogP contribution in [0.5, 0.6) is 0 Å². The van der Waals surface area contributed by atoms with Crippen LogP contribution in [0.3, 0.4) is 0 Å². The summed E-state index contributed by atoms with van der Waals surface area (Å²) < 4.78 is 26.0. The zero-order valence-electron chi connectivity index (χ0n) is 9.14. The van der Waals surface area contributed by atoms with Crippen molar-refractivity contribution in [1.82, 2.24) is 0 Å². The topological polar surface area (TPSA) is 26.0 Å². The van der Waals surface area contributed by atoms with Crippen molar-refractivity contribution in [2.45, 2.75) is 20.8 Å². The fourth-order valence-corrected chi connectivity index (χ4v) is 1.55. The summed E-state index contributed by atoms with van der Waals surface area (Å²) >= 11 is 0. The third kappa shape index (κ3) is 2.35. The molecule has 1 rings (SSSR count). The van der Waals surface area contributed by atoms with Crippen LogP contribution < -0.4 is 5.73 Å². The van der Waals surface area contributed by atoms with E-state index in [-0.39, 0.29) is 5.92 Å². The molecule has 0 fully saturated rings. The molecule has 2 N–H and O–H groups in total. The Bertz CT molecular complexity index is 395. The second-order valence-corrected chi connectivity index (χ2v) is 3.86. The summed E-state index contributed by atoms with van der Waals surface area (Å²) in [4.78, 5) is 0. The third-order valence-electron chi connectivity index (χ3n) is 2.38. The van der Waals surface area contributed by atoms with E-state index < -0.39 is 11.6 Å². The van der Waals surface area contributed by atoms with Gasteiger partial charge in [-0.3, -0.25) is 0 Å². The Morgan fingerprint density at radius 2 is 1.80 bits per heavy atom. The van der Waals surface area contributed by atoms with E-state index in [0.29, 0.717) is 11.1 Å². The van der Waals surface area contributed by atoms with Crippen molar-refractivity contribution in [1.29, 1.82) is 0 Å². The van der Waals surface area contributed by atoms with E-state index in [2.05, 4.69) is 0 Å². The van der Waals surface area contributed by atoms with E-state index in [1.807, 2.05) is 13.8 Å². The van der Waals surface area contributed by atoms with Crippen LogP contribution in [0.1, 0.15) is 25.0 Å². The van der Waals surface area contributed by atoms with Gasteiger partial charge in [-0.05, 0) is 47.9 Å². The van der Waals surface area contributed by atoms with Gasteiger partial charge in [0.2, 0.25) is 0 Å². The van der Waals surface area contributed by atoms with Gasteiger partial charge >= 0.3 is 0 Å². The van der Waals surface area contributed by atoms with E-state index in [9.17, 15) is 8.78 Å². The molecule has 0 saturated heterocycles. The zero-order chi connectivity index (χ0) is 11.6. The SMILES string of the molecule is Cc1cc(F)c(F)cc1/C(=C\N)C(C)C. The van der Waals surface area contributed by atoms with Crippen molar-refractivity contribution in [2.24, 2.45) is 11.7 Å². The standard InChI is InChI=1S/C12H15F2N/c1-7(2)10(6-15)9-5-12(14)11(13)4-8(9)3/h4-7H,15H2,1-3H3/b10-6-. The molecule has 0 aliphatic heterocycles. The van der Waals surface area contributed by atoms with Gasteiger partial charge in [-0.1, -0.05) is 13.8 Å². The quantitative estimate of drug-likeness (QED) is 0.798. The molecular formula is C12H15F2N. The highest BCUT2D eigenvalue weighted by atomic mass is 19.2. The number of aryl methyl sites for hydroxylation is 1. The first-order valence-electron chi connectivity index (χ1n) is 4.85. The van der Waals surface area contributed by atoms with E-state index in [4.69, 9.17) is 5.73 Å². The Labute approximate surface area is 88.6 Å². The van der Waals surface area contributed by atoms with Gasteiger partial charge in [0, 0.05) is 0 Å². The lowest BCUT2D eigenvalue weighted by molar-refractivity contribution is 0.507. The van der Waals surface area contributed by atoms with Crippen LogP contribution in [0.4, 0.5) is 8.78 Å². The van der Waals surface area contributed by atoms with E-state index >= 15 is 0 Å². The highest BCUT2D eigenvalue weighted by Gasteiger charge is 2.12. The van der Waals surface area contributed by atoms with Gasteiger partial charge in [-0.15, -0.1) is 0 Å². The van der Waals surface area contributed by atoms with Crippen molar-refractivity contribution < 1.29 is 8.78 Å². The molecule has 15 heavy (non-hydrogen) atoms. The Morgan fingerprint density at radius 3 is 2.27 bits per heavy atom. The first kappa shape index (κ1) is 11.7. The summed E-state index contributed by atoms with van der Waals surface area (Å²) in [7, 11) is 0. The molecule has 82 valence electrons. The van der Waals surface area contributed by atoms with Gasteiger partial charge in [0.15, 0.2) is 11.6 Å². The average molecular weight is 211 g/mol. The van der Waals surface area contributed by atoms with Crippen LogP contribution >= 0.6 is 0 Å². The number of hydrogen-bond donors (Lipinski definition) is 1. The maximum atomic E-state index is 13.1. The lowest BCUT2D eigenvalue weighted by Crippen LogP contribution is -2.01. The van der Waals surface area contributed by atoms with E-state index in [1.165, 1.54) is 18.3 Å². The number of nitrogens with two attached hydrogens (primary N) is 1. The minimum atomic E-state index is -0.837. The molecule has 0 bridgehead atoms. The highest BCUT2D eigenvalue weighted by molar-refractivity contribution is 5.69. The molecular weight excluding hydrogens is 196 g/mol. The number of benzene rings is 1. The molecule has 0 atom stereocenters. The van der Waals surface area contributed by atoms with Crippen LogP contribution in [0, 0.1) is 24.5 Å². The number of allylic oxidation sites excluding steroid dienone is 1. The molecule has 0 amide bonds. The molecule has 0 heterocycles. The minimum Gasteiger partial charge on any atom is -0.404 e. The summed E-state index contributed by atoms with van der Waals surface area (Å²) in [6.45, 7) is 5.66. The fourth-order valence-electron chi connectivity index (χ4n) is 1.55. The van der Waals surface area contributed by atoms with Gasteiger partial charge in [0.05, 0.1) is 0 Å². The maximum absolute atomic E-state index is 13.1. The van der Waals surface area contributed by atoms with Crippen molar-refractivity contribution >= 4 is 5.57 Å². The molecule has 1 nitrogen and oxygen atoms in total. The average Bonchev–Trinajstić information content (AvgIpc) is 2.14. The Kier molecular flexibility index (Phi) is 3.45. The molecule has 0 saturated carbocycles. The van der Waals surface area contributed by atoms with E-state index in [1.54, 1.807) is 6.92 Å². The van der Waals surface area contributed by atoms with Crippen LogP contribution in [0.2, 0.25) is 0 Å². The largest absolute Gasteiger partial charge is 0.404 e. The maximum Gasteiger partial charge on any atom is 0.159 e. The molecule has 1 aromatic carbocycles. The minimum absolute atomic E-state index is 0.179. The summed E-state index contributed by atoms with van der Waals surface area (Å²) in [6.07, 6.45) is 1.45. The normalized spacial score (nSPS) is 12.3. The highest BCUT2D eigenvalue weighted by Crippen LogP contribution is 2.26. The number of rotatable bonds is 2. The number of hydrogen-bond acceptors (Lipinski definition) is 1. The molecule has 1 aromatic rings. The summed E-state index contributed by atoms with van der Waals surface area (Å²) in [5.74, 6) is -1.48. The van der Waals surface area contributed by atoms with E-state index in [0.717, 1.165) is 5.57 Å². The van der Waals surface area contributed by atoms with Gasteiger partial charge in [-0.25, -0.2) is 8.78 Å². The Balaban J connectivity index is 3.31. The van der Waals surface area contributed by atoms with Crippen LogP contribution in [0.15, 0.2) is 18.3 Å². The van der Waals surface area contributed by atoms with Crippen LogP contribution in [-0.2, 0) is 0 Å². The molecule has 3 heteroatoms. The Hall–Kier alpha value is -1.38. The molecule has 0 aliphatic carbocycles.